The van der Waals surface area contributed by atoms with E-state index >= 15 is 0 Å². The molecular formula is C24H31N3O2. The number of benzene rings is 2. The van der Waals surface area contributed by atoms with Gasteiger partial charge in [-0.1, -0.05) is 37.3 Å². The molecule has 1 aliphatic heterocycles. The first-order valence-corrected chi connectivity index (χ1v) is 10.3. The van der Waals surface area contributed by atoms with Crippen LogP contribution in [0, 0.1) is 0 Å². The van der Waals surface area contributed by atoms with Crippen molar-refractivity contribution in [2.75, 3.05) is 32.1 Å². The number of carbonyl (C=O) groups is 2. The first-order chi connectivity index (χ1) is 13.9. The minimum absolute atomic E-state index is 0.00294. The zero-order valence-corrected chi connectivity index (χ0v) is 17.9. The number of para-hydroxylation sites is 1. The van der Waals surface area contributed by atoms with Crippen LogP contribution in [0.2, 0.25) is 0 Å². The lowest BCUT2D eigenvalue weighted by atomic mass is 9.96. The standard InChI is InChI=1S/C24H31N3O2/c1-5-26(16-19-11-14-21(15-12-19)24(29)25(3)4)17-23(28)27-18(2)10-13-20-8-6-7-9-22(20)27/h6-9,11-12,14-15,18H,5,10,13,16-17H2,1-4H3/t18-/m0/s1. The van der Waals surface area contributed by atoms with Crippen molar-refractivity contribution in [3.63, 3.8) is 0 Å². The molecule has 2 amide bonds. The van der Waals surface area contributed by atoms with Crippen LogP contribution in [-0.2, 0) is 17.8 Å². The van der Waals surface area contributed by atoms with Gasteiger partial charge in [0.25, 0.3) is 5.91 Å². The molecule has 2 aromatic rings. The van der Waals surface area contributed by atoms with E-state index in [-0.39, 0.29) is 17.9 Å². The van der Waals surface area contributed by atoms with Gasteiger partial charge in [0.15, 0.2) is 0 Å². The summed E-state index contributed by atoms with van der Waals surface area (Å²) in [4.78, 5) is 30.9. The number of likely N-dealkylation sites (N-methyl/N-ethyl adjacent to an activating group) is 1. The van der Waals surface area contributed by atoms with Crippen molar-refractivity contribution in [2.45, 2.75) is 39.3 Å². The van der Waals surface area contributed by atoms with Crippen LogP contribution in [0.1, 0.15) is 41.8 Å². The van der Waals surface area contributed by atoms with Gasteiger partial charge in [0.2, 0.25) is 5.91 Å². The van der Waals surface area contributed by atoms with Gasteiger partial charge in [-0.05, 0) is 55.6 Å². The Morgan fingerprint density at radius 2 is 1.76 bits per heavy atom. The van der Waals surface area contributed by atoms with Crippen LogP contribution in [0.4, 0.5) is 5.69 Å². The van der Waals surface area contributed by atoms with E-state index in [2.05, 4.69) is 30.9 Å². The fourth-order valence-electron chi connectivity index (χ4n) is 3.88. The second kappa shape index (κ2) is 9.23. The quantitative estimate of drug-likeness (QED) is 0.754. The topological polar surface area (TPSA) is 43.9 Å². The van der Waals surface area contributed by atoms with Crippen LogP contribution in [0.15, 0.2) is 48.5 Å². The van der Waals surface area contributed by atoms with Crippen molar-refractivity contribution < 1.29 is 9.59 Å². The van der Waals surface area contributed by atoms with Gasteiger partial charge in [-0.25, -0.2) is 0 Å². The van der Waals surface area contributed by atoms with Crippen LogP contribution in [0.25, 0.3) is 0 Å². The summed E-state index contributed by atoms with van der Waals surface area (Å²) in [5.74, 6) is 0.141. The minimum Gasteiger partial charge on any atom is -0.345 e. The number of fused-ring (bicyclic) bond motifs is 1. The van der Waals surface area contributed by atoms with Gasteiger partial charge >= 0.3 is 0 Å². The molecule has 0 aromatic heterocycles. The van der Waals surface area contributed by atoms with Crippen LogP contribution in [-0.4, -0.2) is 54.8 Å². The number of rotatable bonds is 6. The van der Waals surface area contributed by atoms with Crippen LogP contribution >= 0.6 is 0 Å². The lowest BCUT2D eigenvalue weighted by Gasteiger charge is -2.36. The van der Waals surface area contributed by atoms with Crippen molar-refractivity contribution in [1.82, 2.24) is 9.80 Å². The summed E-state index contributed by atoms with van der Waals surface area (Å²) in [6.45, 7) is 6.06. The number of anilines is 1. The van der Waals surface area contributed by atoms with Crippen LogP contribution in [0.3, 0.4) is 0 Å². The van der Waals surface area contributed by atoms with Crippen molar-refractivity contribution in [3.8, 4) is 0 Å². The largest absolute Gasteiger partial charge is 0.345 e. The first kappa shape index (κ1) is 21.1. The number of nitrogens with zero attached hydrogens (tertiary/aromatic N) is 3. The fourth-order valence-corrected chi connectivity index (χ4v) is 3.88. The predicted octanol–water partition coefficient (Wildman–Crippen LogP) is 3.58. The highest BCUT2D eigenvalue weighted by Gasteiger charge is 2.28. The van der Waals surface area contributed by atoms with Gasteiger partial charge < -0.3 is 9.80 Å². The van der Waals surface area contributed by atoms with E-state index in [0.717, 1.165) is 30.6 Å². The molecule has 29 heavy (non-hydrogen) atoms. The van der Waals surface area contributed by atoms with E-state index in [9.17, 15) is 9.59 Å². The number of hydrogen-bond donors (Lipinski definition) is 0. The van der Waals surface area contributed by atoms with Crippen molar-refractivity contribution >= 4 is 17.5 Å². The Labute approximate surface area is 173 Å². The lowest BCUT2D eigenvalue weighted by molar-refractivity contribution is -0.120. The number of aryl methyl sites for hydroxylation is 1. The third-order valence-corrected chi connectivity index (χ3v) is 5.61. The van der Waals surface area contributed by atoms with E-state index in [1.807, 2.05) is 41.3 Å². The van der Waals surface area contributed by atoms with Crippen molar-refractivity contribution in [3.05, 3.63) is 65.2 Å². The highest BCUT2D eigenvalue weighted by Crippen LogP contribution is 2.30. The molecule has 0 aliphatic carbocycles. The van der Waals surface area contributed by atoms with E-state index in [1.54, 1.807) is 19.0 Å². The summed E-state index contributed by atoms with van der Waals surface area (Å²) in [7, 11) is 3.50. The molecule has 0 radical (unpaired) electrons. The van der Waals surface area contributed by atoms with Gasteiger partial charge in [0.05, 0.1) is 6.54 Å². The molecule has 5 nitrogen and oxygen atoms in total. The monoisotopic (exact) mass is 393 g/mol. The molecule has 0 saturated carbocycles. The maximum Gasteiger partial charge on any atom is 0.253 e. The molecule has 1 aliphatic rings. The molecule has 154 valence electrons. The first-order valence-electron chi connectivity index (χ1n) is 10.3. The van der Waals surface area contributed by atoms with Gasteiger partial charge in [0, 0.05) is 37.9 Å². The molecular weight excluding hydrogens is 362 g/mol. The SMILES string of the molecule is CCN(CC(=O)N1c2ccccc2CC[C@@H]1C)Cc1ccc(C(=O)N(C)C)cc1. The van der Waals surface area contributed by atoms with Gasteiger partial charge in [-0.15, -0.1) is 0 Å². The molecule has 0 fully saturated rings. The van der Waals surface area contributed by atoms with Crippen LogP contribution < -0.4 is 4.90 Å². The average Bonchev–Trinajstić information content (AvgIpc) is 2.72. The predicted molar refractivity (Wildman–Crippen MR) is 117 cm³/mol. The maximum atomic E-state index is 13.2. The number of hydrogen-bond acceptors (Lipinski definition) is 3. The number of amides is 2. The van der Waals surface area contributed by atoms with E-state index in [4.69, 9.17) is 0 Å². The smallest absolute Gasteiger partial charge is 0.253 e. The molecule has 5 heteroatoms. The minimum atomic E-state index is -0.00294. The van der Waals surface area contributed by atoms with Gasteiger partial charge in [-0.2, -0.15) is 0 Å². The summed E-state index contributed by atoms with van der Waals surface area (Å²) in [6, 6.07) is 16.1. The second-order valence-electron chi connectivity index (χ2n) is 7.98. The Kier molecular flexibility index (Phi) is 6.70. The zero-order chi connectivity index (χ0) is 21.0. The summed E-state index contributed by atoms with van der Waals surface area (Å²) < 4.78 is 0. The van der Waals surface area contributed by atoms with Crippen LogP contribution in [0.5, 0.6) is 0 Å². The molecule has 3 rings (SSSR count). The Hall–Kier alpha value is -2.66. The van der Waals surface area contributed by atoms with E-state index < -0.39 is 0 Å². The van der Waals surface area contributed by atoms with Crippen molar-refractivity contribution in [1.29, 1.82) is 0 Å². The Bertz CT molecular complexity index is 861. The fraction of sp³-hybridized carbons (Fsp3) is 0.417. The number of carbonyl (C=O) groups excluding carboxylic acids is 2. The average molecular weight is 394 g/mol. The summed E-state index contributed by atoms with van der Waals surface area (Å²) in [5, 5.41) is 0. The summed E-state index contributed by atoms with van der Waals surface area (Å²) in [5.41, 5.74) is 4.08. The maximum absolute atomic E-state index is 13.2. The zero-order valence-electron chi connectivity index (χ0n) is 17.9. The third kappa shape index (κ3) is 4.85. The van der Waals surface area contributed by atoms with Gasteiger partial charge in [-0.3, -0.25) is 14.5 Å². The molecule has 0 saturated heterocycles. The molecule has 2 aromatic carbocycles. The molecule has 1 heterocycles. The summed E-state index contributed by atoms with van der Waals surface area (Å²) >= 11 is 0. The summed E-state index contributed by atoms with van der Waals surface area (Å²) in [6.07, 6.45) is 2.02. The Balaban J connectivity index is 1.68. The van der Waals surface area contributed by atoms with Gasteiger partial charge in [0.1, 0.15) is 0 Å². The normalized spacial score (nSPS) is 15.9. The molecule has 0 bridgehead atoms. The highest BCUT2D eigenvalue weighted by atomic mass is 16.2. The van der Waals surface area contributed by atoms with E-state index in [0.29, 0.717) is 18.7 Å². The molecule has 0 unspecified atom stereocenters. The Morgan fingerprint density at radius 3 is 2.41 bits per heavy atom. The lowest BCUT2D eigenvalue weighted by Crippen LogP contribution is -2.47. The molecule has 1 atom stereocenters. The second-order valence-corrected chi connectivity index (χ2v) is 7.98. The van der Waals surface area contributed by atoms with Crippen molar-refractivity contribution in [2.24, 2.45) is 0 Å². The third-order valence-electron chi connectivity index (χ3n) is 5.61. The highest BCUT2D eigenvalue weighted by molar-refractivity contribution is 5.96. The molecule has 0 spiro atoms. The Morgan fingerprint density at radius 1 is 1.07 bits per heavy atom. The van der Waals surface area contributed by atoms with E-state index in [1.165, 1.54) is 5.56 Å². The molecule has 0 N–H and O–H groups in total.